The molecule has 2 aromatic carbocycles. The molecule has 4 rings (SSSR count). The van der Waals surface area contributed by atoms with E-state index in [0.29, 0.717) is 6.54 Å². The van der Waals surface area contributed by atoms with Gasteiger partial charge in [-0.05, 0) is 75.3 Å². The van der Waals surface area contributed by atoms with Crippen LogP contribution in [-0.4, -0.2) is 35.4 Å². The second-order valence-corrected chi connectivity index (χ2v) is 9.03. The predicted molar refractivity (Wildman–Crippen MR) is 117 cm³/mol. The van der Waals surface area contributed by atoms with E-state index in [1.165, 1.54) is 22.3 Å². The zero-order valence-corrected chi connectivity index (χ0v) is 17.6. The van der Waals surface area contributed by atoms with Gasteiger partial charge in [-0.1, -0.05) is 48.5 Å². The summed E-state index contributed by atoms with van der Waals surface area (Å²) < 4.78 is 5.41. The van der Waals surface area contributed by atoms with Crippen molar-refractivity contribution in [1.29, 1.82) is 0 Å². The summed E-state index contributed by atoms with van der Waals surface area (Å²) in [5, 5.41) is 0. The molecule has 1 saturated heterocycles. The summed E-state index contributed by atoms with van der Waals surface area (Å²) in [6, 6.07) is 17.8. The number of hydrogen-bond donors (Lipinski definition) is 0. The number of carbonyl (C=O) groups excluding carboxylic acids is 1. The Morgan fingerprint density at radius 3 is 2.14 bits per heavy atom. The molecule has 2 aliphatic rings. The fourth-order valence-corrected chi connectivity index (χ4v) is 4.49. The fraction of sp³-hybridized carbons (Fsp3) is 0.440. The first kappa shape index (κ1) is 19.8. The zero-order valence-electron chi connectivity index (χ0n) is 17.6. The number of piperidine rings is 1. The number of nitrogens with zero attached hydrogens (tertiary/aromatic N) is 2. The molecule has 1 heterocycles. The number of fused-ring (bicyclic) bond motifs is 2. The predicted octanol–water partition coefficient (Wildman–Crippen LogP) is 5.35. The maximum absolute atomic E-state index is 12.2. The Balaban J connectivity index is 1.66. The number of ether oxygens (including phenoxy) is 1. The van der Waals surface area contributed by atoms with Crippen LogP contribution in [0.4, 0.5) is 4.79 Å². The van der Waals surface area contributed by atoms with Gasteiger partial charge in [-0.25, -0.2) is 4.79 Å². The third kappa shape index (κ3) is 4.59. The smallest absolute Gasteiger partial charge is 0.434 e. The lowest BCUT2D eigenvalue weighted by Gasteiger charge is -2.36. The van der Waals surface area contributed by atoms with E-state index in [4.69, 9.17) is 4.74 Å². The van der Waals surface area contributed by atoms with E-state index in [2.05, 4.69) is 58.4 Å². The minimum absolute atomic E-state index is 0.203. The van der Waals surface area contributed by atoms with E-state index in [9.17, 15) is 4.79 Å². The number of amides is 1. The molecule has 0 aromatic heterocycles. The van der Waals surface area contributed by atoms with Crippen molar-refractivity contribution in [2.75, 3.05) is 13.1 Å². The molecule has 1 aliphatic carbocycles. The highest BCUT2D eigenvalue weighted by atomic mass is 16.6. The quantitative estimate of drug-likeness (QED) is 0.659. The lowest BCUT2D eigenvalue weighted by Crippen LogP contribution is -2.40. The van der Waals surface area contributed by atoms with Crippen molar-refractivity contribution in [2.45, 2.75) is 58.1 Å². The van der Waals surface area contributed by atoms with Crippen LogP contribution in [0.25, 0.3) is 0 Å². The van der Waals surface area contributed by atoms with E-state index >= 15 is 0 Å². The van der Waals surface area contributed by atoms with Gasteiger partial charge in [0, 0.05) is 12.3 Å². The second-order valence-electron chi connectivity index (χ2n) is 9.03. The summed E-state index contributed by atoms with van der Waals surface area (Å²) in [4.78, 5) is 19.0. The van der Waals surface area contributed by atoms with Crippen LogP contribution in [0.1, 0.15) is 61.9 Å². The number of aryl methyl sites for hydroxylation is 2. The molecule has 0 radical (unpaired) electrons. The number of benzene rings is 2. The van der Waals surface area contributed by atoms with Crippen LogP contribution in [0, 0.1) is 0 Å². The van der Waals surface area contributed by atoms with Crippen LogP contribution >= 0.6 is 0 Å². The summed E-state index contributed by atoms with van der Waals surface area (Å²) in [6.07, 6.45) is 3.51. The molecule has 1 aliphatic heterocycles. The van der Waals surface area contributed by atoms with Crippen LogP contribution in [0.2, 0.25) is 0 Å². The summed E-state index contributed by atoms with van der Waals surface area (Å²) >= 11 is 0. The van der Waals surface area contributed by atoms with Gasteiger partial charge < -0.3 is 4.74 Å². The average Bonchev–Trinajstić information content (AvgIpc) is 2.83. The lowest BCUT2D eigenvalue weighted by molar-refractivity contribution is 0.0602. The number of carbonyl (C=O) groups is 1. The molecule has 29 heavy (non-hydrogen) atoms. The Bertz CT molecular complexity index is 879. The molecule has 0 unspecified atom stereocenters. The molecule has 152 valence electrons. The molecular weight excluding hydrogens is 360 g/mol. The van der Waals surface area contributed by atoms with Gasteiger partial charge in [0.05, 0.1) is 6.04 Å². The van der Waals surface area contributed by atoms with Crippen molar-refractivity contribution < 1.29 is 9.53 Å². The van der Waals surface area contributed by atoms with Crippen LogP contribution in [-0.2, 0) is 17.6 Å². The van der Waals surface area contributed by atoms with Gasteiger partial charge in [0.1, 0.15) is 5.60 Å². The van der Waals surface area contributed by atoms with Crippen molar-refractivity contribution >= 4 is 11.8 Å². The summed E-state index contributed by atoms with van der Waals surface area (Å²) in [6.45, 7) is 7.32. The summed E-state index contributed by atoms with van der Waals surface area (Å²) in [5.74, 6) is 0. The average molecular weight is 391 g/mol. The minimum Gasteiger partial charge on any atom is -0.442 e. The number of hydrogen-bond acceptors (Lipinski definition) is 3. The SMILES string of the molecule is CC(C)(C)OC(=O)/N=C1/CCCN(C2c3ccccc3CCc3ccccc32)C1. The first-order valence-electron chi connectivity index (χ1n) is 10.6. The highest BCUT2D eigenvalue weighted by Crippen LogP contribution is 2.37. The van der Waals surface area contributed by atoms with Gasteiger partial charge in [0.25, 0.3) is 0 Å². The van der Waals surface area contributed by atoms with Crippen molar-refractivity contribution in [3.05, 3.63) is 70.8 Å². The molecule has 4 heteroatoms. The maximum Gasteiger partial charge on any atom is 0.434 e. The third-order valence-corrected chi connectivity index (χ3v) is 5.67. The molecule has 0 bridgehead atoms. The Labute approximate surface area is 173 Å². The molecular formula is C25H30N2O2. The van der Waals surface area contributed by atoms with Gasteiger partial charge >= 0.3 is 6.09 Å². The monoisotopic (exact) mass is 390 g/mol. The number of aliphatic imine (C=N–C) groups is 1. The molecule has 0 atom stereocenters. The van der Waals surface area contributed by atoms with Crippen molar-refractivity contribution in [1.82, 2.24) is 4.90 Å². The second kappa shape index (κ2) is 8.11. The lowest BCUT2D eigenvalue weighted by atomic mass is 9.91. The number of rotatable bonds is 1. The molecule has 0 saturated carbocycles. The first-order valence-corrected chi connectivity index (χ1v) is 10.6. The summed E-state index contributed by atoms with van der Waals surface area (Å²) in [5.41, 5.74) is 6.01. The molecule has 2 aromatic rings. The first-order chi connectivity index (χ1) is 13.9. The van der Waals surface area contributed by atoms with E-state index in [-0.39, 0.29) is 6.04 Å². The fourth-order valence-electron chi connectivity index (χ4n) is 4.49. The molecule has 0 N–H and O–H groups in total. The van der Waals surface area contributed by atoms with Gasteiger partial charge in [-0.2, -0.15) is 4.99 Å². The molecule has 4 nitrogen and oxygen atoms in total. The van der Waals surface area contributed by atoms with E-state index in [0.717, 1.165) is 37.9 Å². The molecule has 1 fully saturated rings. The molecule has 0 spiro atoms. The minimum atomic E-state index is -0.519. The van der Waals surface area contributed by atoms with Gasteiger partial charge in [0.2, 0.25) is 0 Å². The van der Waals surface area contributed by atoms with Gasteiger partial charge in [0.15, 0.2) is 0 Å². The van der Waals surface area contributed by atoms with Crippen LogP contribution in [0.3, 0.4) is 0 Å². The van der Waals surface area contributed by atoms with Crippen molar-refractivity contribution in [3.8, 4) is 0 Å². The van der Waals surface area contributed by atoms with Crippen molar-refractivity contribution in [3.63, 3.8) is 0 Å². The molecule has 1 amide bonds. The van der Waals surface area contributed by atoms with Crippen molar-refractivity contribution in [2.24, 2.45) is 4.99 Å². The zero-order chi connectivity index (χ0) is 20.4. The Morgan fingerprint density at radius 2 is 1.55 bits per heavy atom. The van der Waals surface area contributed by atoms with E-state index in [1.54, 1.807) is 0 Å². The van der Waals surface area contributed by atoms with Crippen LogP contribution in [0.15, 0.2) is 53.5 Å². The Hall–Kier alpha value is -2.46. The third-order valence-electron chi connectivity index (χ3n) is 5.67. The topological polar surface area (TPSA) is 41.9 Å². The Morgan fingerprint density at radius 1 is 0.966 bits per heavy atom. The number of likely N-dealkylation sites (tertiary alicyclic amines) is 1. The van der Waals surface area contributed by atoms with Gasteiger partial charge in [-0.3, -0.25) is 4.90 Å². The highest BCUT2D eigenvalue weighted by molar-refractivity contribution is 5.95. The van der Waals surface area contributed by atoms with E-state index < -0.39 is 11.7 Å². The Kier molecular flexibility index (Phi) is 5.55. The van der Waals surface area contributed by atoms with E-state index in [1.807, 2.05) is 20.8 Å². The summed E-state index contributed by atoms with van der Waals surface area (Å²) in [7, 11) is 0. The highest BCUT2D eigenvalue weighted by Gasteiger charge is 2.31. The normalized spacial score (nSPS) is 19.3. The van der Waals surface area contributed by atoms with Crippen LogP contribution in [0.5, 0.6) is 0 Å². The standard InChI is InChI=1S/C25H30N2O2/c1-25(2,3)29-24(28)26-20-11-8-16-27(17-20)23-21-12-6-4-9-18(21)14-15-19-10-5-7-13-22(19)23/h4-7,9-10,12-13,23H,8,11,14-17H2,1-3H3/b26-20-. The van der Waals surface area contributed by atoms with Crippen LogP contribution < -0.4 is 0 Å². The largest absolute Gasteiger partial charge is 0.442 e. The maximum atomic E-state index is 12.2. The van der Waals surface area contributed by atoms with Gasteiger partial charge in [-0.15, -0.1) is 0 Å².